The number of benzene rings is 2. The van der Waals surface area contributed by atoms with Crippen LogP contribution in [0.3, 0.4) is 0 Å². The molecule has 38 heavy (non-hydrogen) atoms. The summed E-state index contributed by atoms with van der Waals surface area (Å²) in [5.74, 6) is 0.452. The van der Waals surface area contributed by atoms with Crippen LogP contribution in [0.25, 0.3) is 5.57 Å². The minimum absolute atomic E-state index is 0.117. The monoisotopic (exact) mass is 533 g/mol. The molecule has 6 heteroatoms. The van der Waals surface area contributed by atoms with Crippen LogP contribution < -0.4 is 4.90 Å². The Kier molecular flexibility index (Phi) is 8.25. The highest BCUT2D eigenvalue weighted by Gasteiger charge is 2.32. The van der Waals surface area contributed by atoms with Crippen LogP contribution in [0.2, 0.25) is 5.02 Å². The fraction of sp³-hybridized carbons (Fsp3) is 0.500. The Hall–Kier alpha value is -2.63. The number of allylic oxidation sites excluding steroid dienone is 1. The van der Waals surface area contributed by atoms with E-state index in [1.807, 2.05) is 36.4 Å². The molecule has 2 aromatic rings. The van der Waals surface area contributed by atoms with E-state index in [1.54, 1.807) is 5.57 Å². The van der Waals surface area contributed by atoms with Crippen LogP contribution in [0.4, 0.5) is 5.69 Å². The van der Waals surface area contributed by atoms with Gasteiger partial charge in [-0.05, 0) is 85.1 Å². The highest BCUT2D eigenvalue weighted by molar-refractivity contribution is 6.30. The van der Waals surface area contributed by atoms with Crippen molar-refractivity contribution in [2.75, 3.05) is 50.7 Å². The van der Waals surface area contributed by atoms with E-state index in [1.165, 1.54) is 17.6 Å². The molecule has 0 N–H and O–H groups in total. The zero-order valence-electron chi connectivity index (χ0n) is 22.8. The third kappa shape index (κ3) is 6.32. The van der Waals surface area contributed by atoms with E-state index in [9.17, 15) is 9.59 Å². The standard InChI is InChI=1S/C32H40ClN3O2/c1-32(2)14-11-27(30(21-32)25-5-7-28(33)8-6-25)22-34-17-19-36(20-18-34)31(38)26-12-15-35(16-13-26)29-9-3-24(23-37)4-10-29/h3-10,23,26H,11-22H2,1-2H3. The van der Waals surface area contributed by atoms with Gasteiger partial charge in [-0.25, -0.2) is 0 Å². The fourth-order valence-corrected chi connectivity index (χ4v) is 6.39. The first-order valence-corrected chi connectivity index (χ1v) is 14.5. The van der Waals surface area contributed by atoms with Gasteiger partial charge in [-0.3, -0.25) is 14.5 Å². The number of carbonyl (C=O) groups excluding carboxylic acids is 2. The first-order valence-electron chi connectivity index (χ1n) is 14.1. The van der Waals surface area contributed by atoms with Gasteiger partial charge in [0.05, 0.1) is 0 Å². The summed E-state index contributed by atoms with van der Waals surface area (Å²) in [5, 5.41) is 0.783. The van der Waals surface area contributed by atoms with Gasteiger partial charge in [-0.1, -0.05) is 43.2 Å². The molecule has 0 unspecified atom stereocenters. The van der Waals surface area contributed by atoms with Gasteiger partial charge in [0.1, 0.15) is 6.29 Å². The van der Waals surface area contributed by atoms with Crippen LogP contribution in [0, 0.1) is 11.3 Å². The zero-order valence-corrected chi connectivity index (χ0v) is 23.6. The maximum absolute atomic E-state index is 13.3. The van der Waals surface area contributed by atoms with Gasteiger partial charge in [0, 0.05) is 68.0 Å². The molecule has 1 aliphatic carbocycles. The van der Waals surface area contributed by atoms with Gasteiger partial charge >= 0.3 is 0 Å². The molecule has 0 aromatic heterocycles. The molecule has 5 rings (SSSR count). The summed E-state index contributed by atoms with van der Waals surface area (Å²) >= 11 is 6.17. The minimum Gasteiger partial charge on any atom is -0.371 e. The SMILES string of the molecule is CC1(C)CCC(CN2CCN(C(=O)C3CCN(c4ccc(C=O)cc4)CC3)CC2)=C(c2ccc(Cl)cc2)C1. The molecule has 0 atom stereocenters. The van der Waals surface area contributed by atoms with Gasteiger partial charge in [0.25, 0.3) is 0 Å². The van der Waals surface area contributed by atoms with E-state index in [0.29, 0.717) is 16.9 Å². The molecule has 2 fully saturated rings. The molecular formula is C32H40ClN3O2. The van der Waals surface area contributed by atoms with Crippen molar-refractivity contribution in [2.24, 2.45) is 11.3 Å². The Balaban J connectivity index is 1.15. The van der Waals surface area contributed by atoms with Crippen LogP contribution in [-0.4, -0.2) is 67.8 Å². The van der Waals surface area contributed by atoms with Crippen molar-refractivity contribution in [2.45, 2.75) is 46.0 Å². The molecule has 0 saturated carbocycles. The van der Waals surface area contributed by atoms with Crippen molar-refractivity contribution in [1.29, 1.82) is 0 Å². The summed E-state index contributed by atoms with van der Waals surface area (Å²) in [7, 11) is 0. The van der Waals surface area contributed by atoms with Crippen LogP contribution in [0.1, 0.15) is 61.9 Å². The summed E-state index contributed by atoms with van der Waals surface area (Å²) in [4.78, 5) is 31.2. The van der Waals surface area contributed by atoms with E-state index in [4.69, 9.17) is 11.6 Å². The lowest BCUT2D eigenvalue weighted by atomic mass is 9.72. The van der Waals surface area contributed by atoms with E-state index < -0.39 is 0 Å². The number of hydrogen-bond acceptors (Lipinski definition) is 4. The Bertz CT molecular complexity index is 1160. The second-order valence-corrected chi connectivity index (χ2v) is 12.4. The first-order chi connectivity index (χ1) is 18.3. The van der Waals surface area contributed by atoms with Crippen molar-refractivity contribution in [1.82, 2.24) is 9.80 Å². The first kappa shape index (κ1) is 27.0. The fourth-order valence-electron chi connectivity index (χ4n) is 6.27. The number of piperidine rings is 1. The van der Waals surface area contributed by atoms with Crippen molar-refractivity contribution in [3.8, 4) is 0 Å². The molecule has 0 spiro atoms. The van der Waals surface area contributed by atoms with Crippen LogP contribution in [0.5, 0.6) is 0 Å². The number of hydrogen-bond donors (Lipinski definition) is 0. The number of anilines is 1. The molecule has 5 nitrogen and oxygen atoms in total. The Morgan fingerprint density at radius 2 is 1.61 bits per heavy atom. The molecule has 1 amide bonds. The highest BCUT2D eigenvalue weighted by atomic mass is 35.5. The van der Waals surface area contributed by atoms with E-state index >= 15 is 0 Å². The quantitative estimate of drug-likeness (QED) is 0.416. The van der Waals surface area contributed by atoms with Gasteiger partial charge in [0.2, 0.25) is 5.91 Å². The summed E-state index contributed by atoms with van der Waals surface area (Å²) < 4.78 is 0. The van der Waals surface area contributed by atoms with Crippen molar-refractivity contribution >= 4 is 35.1 Å². The molecule has 2 aromatic carbocycles. The lowest BCUT2D eigenvalue weighted by molar-refractivity contribution is -0.137. The minimum atomic E-state index is 0.117. The molecule has 3 aliphatic rings. The topological polar surface area (TPSA) is 43.9 Å². The number of piperazine rings is 1. The summed E-state index contributed by atoms with van der Waals surface area (Å²) in [6.45, 7) is 11.0. The van der Waals surface area contributed by atoms with Crippen LogP contribution in [-0.2, 0) is 4.79 Å². The van der Waals surface area contributed by atoms with Crippen molar-refractivity contribution in [3.05, 3.63) is 70.3 Å². The second kappa shape index (κ2) is 11.6. The van der Waals surface area contributed by atoms with E-state index in [2.05, 4.69) is 40.7 Å². The Labute approximate surface area is 232 Å². The summed E-state index contributed by atoms with van der Waals surface area (Å²) in [5.41, 5.74) is 6.50. The average Bonchev–Trinajstić information content (AvgIpc) is 2.94. The number of amides is 1. The third-order valence-electron chi connectivity index (χ3n) is 8.72. The smallest absolute Gasteiger partial charge is 0.225 e. The largest absolute Gasteiger partial charge is 0.371 e. The lowest BCUT2D eigenvalue weighted by Gasteiger charge is -2.40. The Morgan fingerprint density at radius 3 is 2.24 bits per heavy atom. The van der Waals surface area contributed by atoms with Crippen molar-refractivity contribution in [3.63, 3.8) is 0 Å². The van der Waals surface area contributed by atoms with Gasteiger partial charge in [0.15, 0.2) is 0 Å². The van der Waals surface area contributed by atoms with Gasteiger partial charge < -0.3 is 9.80 Å². The molecule has 2 heterocycles. The lowest BCUT2D eigenvalue weighted by Crippen LogP contribution is -2.52. The van der Waals surface area contributed by atoms with Gasteiger partial charge in [-0.15, -0.1) is 0 Å². The number of rotatable bonds is 6. The predicted octanol–water partition coefficient (Wildman–Crippen LogP) is 6.18. The molecule has 2 aliphatic heterocycles. The maximum Gasteiger partial charge on any atom is 0.225 e. The van der Waals surface area contributed by atoms with Crippen molar-refractivity contribution < 1.29 is 9.59 Å². The summed E-state index contributed by atoms with van der Waals surface area (Å²) in [6, 6.07) is 16.1. The van der Waals surface area contributed by atoms with E-state index in [-0.39, 0.29) is 5.92 Å². The van der Waals surface area contributed by atoms with Gasteiger partial charge in [-0.2, -0.15) is 0 Å². The third-order valence-corrected chi connectivity index (χ3v) is 8.97. The second-order valence-electron chi connectivity index (χ2n) is 12.0. The highest BCUT2D eigenvalue weighted by Crippen LogP contribution is 2.43. The molecule has 0 bridgehead atoms. The number of nitrogens with zero attached hydrogens (tertiary/aromatic N) is 3. The molecular weight excluding hydrogens is 494 g/mol. The van der Waals surface area contributed by atoms with Crippen LogP contribution in [0.15, 0.2) is 54.1 Å². The summed E-state index contributed by atoms with van der Waals surface area (Å²) in [6.07, 6.45) is 6.11. The normalized spacial score (nSPS) is 21.0. The number of aldehydes is 1. The maximum atomic E-state index is 13.3. The van der Waals surface area contributed by atoms with E-state index in [0.717, 1.165) is 88.5 Å². The average molecular weight is 534 g/mol. The molecule has 2 saturated heterocycles. The number of carbonyl (C=O) groups is 2. The Morgan fingerprint density at radius 1 is 0.947 bits per heavy atom. The van der Waals surface area contributed by atoms with Crippen LogP contribution >= 0.6 is 11.6 Å². The molecule has 0 radical (unpaired) electrons. The molecule has 202 valence electrons. The zero-order chi connectivity index (χ0) is 26.7. The predicted molar refractivity (Wildman–Crippen MR) is 156 cm³/mol. The number of halogens is 1.